The molecule has 21 heavy (non-hydrogen) atoms. The van der Waals surface area contributed by atoms with Crippen LogP contribution in [0.2, 0.25) is 5.02 Å². The van der Waals surface area contributed by atoms with Crippen LogP contribution in [0.15, 0.2) is 18.2 Å². The van der Waals surface area contributed by atoms with Gasteiger partial charge in [-0.2, -0.15) is 0 Å². The van der Waals surface area contributed by atoms with Crippen LogP contribution in [0.5, 0.6) is 0 Å². The summed E-state index contributed by atoms with van der Waals surface area (Å²) in [6, 6.07) is 5.96. The molecule has 1 saturated heterocycles. The number of imidazole rings is 1. The molecule has 3 rings (SSSR count). The molecule has 2 heterocycles. The van der Waals surface area contributed by atoms with E-state index in [2.05, 4.69) is 27.4 Å². The number of fused-ring (bicyclic) bond motifs is 1. The molecule has 0 unspecified atom stereocenters. The molecule has 2 aromatic rings. The maximum Gasteiger partial charge on any atom is 0.124 e. The fourth-order valence-electron chi connectivity index (χ4n) is 3.21. The van der Waals surface area contributed by atoms with Gasteiger partial charge in [-0.3, -0.25) is 0 Å². The smallest absolute Gasteiger partial charge is 0.124 e. The van der Waals surface area contributed by atoms with E-state index in [4.69, 9.17) is 23.2 Å². The van der Waals surface area contributed by atoms with E-state index in [9.17, 15) is 0 Å². The molecule has 0 radical (unpaired) electrons. The number of likely N-dealkylation sites (tertiary alicyclic amines) is 1. The van der Waals surface area contributed by atoms with Crippen molar-refractivity contribution in [1.82, 2.24) is 14.5 Å². The van der Waals surface area contributed by atoms with Gasteiger partial charge in [0.05, 0.1) is 16.4 Å². The van der Waals surface area contributed by atoms with E-state index in [1.807, 2.05) is 12.1 Å². The van der Waals surface area contributed by atoms with Gasteiger partial charge in [-0.05, 0) is 50.5 Å². The summed E-state index contributed by atoms with van der Waals surface area (Å²) in [5.41, 5.74) is 1.98. The summed E-state index contributed by atoms with van der Waals surface area (Å²) in [5, 5.41) is 0.707. The molecule has 1 aliphatic heterocycles. The van der Waals surface area contributed by atoms with Crippen molar-refractivity contribution in [3.05, 3.63) is 29.0 Å². The first-order chi connectivity index (χ1) is 10.2. The summed E-state index contributed by atoms with van der Waals surface area (Å²) in [6.07, 6.45) is 2.49. The van der Waals surface area contributed by atoms with Gasteiger partial charge in [0.15, 0.2) is 0 Å². The second-order valence-corrected chi connectivity index (χ2v) is 6.43. The molecule has 114 valence electrons. The number of alkyl halides is 1. The van der Waals surface area contributed by atoms with Gasteiger partial charge >= 0.3 is 0 Å². The van der Waals surface area contributed by atoms with Crippen LogP contribution in [0.3, 0.4) is 0 Å². The van der Waals surface area contributed by atoms with Crippen molar-refractivity contribution in [3.63, 3.8) is 0 Å². The monoisotopic (exact) mass is 325 g/mol. The molecule has 0 amide bonds. The number of para-hydroxylation sites is 1. The number of aromatic nitrogens is 2. The van der Waals surface area contributed by atoms with E-state index >= 15 is 0 Å². The SMILES string of the molecule is CCN1CCC(Cn2c(CCl)nc3c(Cl)cccc32)CC1. The molecule has 1 aliphatic rings. The number of hydrogen-bond donors (Lipinski definition) is 0. The number of benzene rings is 1. The normalized spacial score (nSPS) is 17.7. The third-order valence-electron chi connectivity index (χ3n) is 4.52. The van der Waals surface area contributed by atoms with E-state index in [0.29, 0.717) is 16.8 Å². The van der Waals surface area contributed by atoms with Crippen molar-refractivity contribution in [2.75, 3.05) is 19.6 Å². The zero-order valence-corrected chi connectivity index (χ0v) is 13.9. The Morgan fingerprint density at radius 2 is 2.05 bits per heavy atom. The van der Waals surface area contributed by atoms with Crippen LogP contribution in [0, 0.1) is 5.92 Å². The van der Waals surface area contributed by atoms with Crippen LogP contribution < -0.4 is 0 Å². The van der Waals surface area contributed by atoms with Gasteiger partial charge in [-0.15, -0.1) is 11.6 Å². The van der Waals surface area contributed by atoms with Gasteiger partial charge in [0.25, 0.3) is 0 Å². The molecule has 0 saturated carbocycles. The fraction of sp³-hybridized carbons (Fsp3) is 0.562. The Kier molecular flexibility index (Phi) is 4.72. The molecular formula is C16H21Cl2N3. The molecular weight excluding hydrogens is 305 g/mol. The van der Waals surface area contributed by atoms with Gasteiger partial charge in [0.2, 0.25) is 0 Å². The molecule has 5 heteroatoms. The van der Waals surface area contributed by atoms with Crippen LogP contribution in [-0.2, 0) is 12.4 Å². The first-order valence-corrected chi connectivity index (χ1v) is 8.56. The summed E-state index contributed by atoms with van der Waals surface area (Å²) < 4.78 is 2.26. The second-order valence-electron chi connectivity index (χ2n) is 5.76. The number of piperidine rings is 1. The van der Waals surface area contributed by atoms with Crippen LogP contribution >= 0.6 is 23.2 Å². The Bertz CT molecular complexity index is 615. The predicted molar refractivity (Wildman–Crippen MR) is 89.1 cm³/mol. The molecule has 1 aromatic heterocycles. The summed E-state index contributed by atoms with van der Waals surface area (Å²) in [4.78, 5) is 7.13. The lowest BCUT2D eigenvalue weighted by Crippen LogP contribution is -2.34. The highest BCUT2D eigenvalue weighted by atomic mass is 35.5. The lowest BCUT2D eigenvalue weighted by Gasteiger charge is -2.31. The van der Waals surface area contributed by atoms with E-state index in [1.165, 1.54) is 25.9 Å². The molecule has 0 bridgehead atoms. The maximum atomic E-state index is 6.25. The first kappa shape index (κ1) is 15.1. The first-order valence-electron chi connectivity index (χ1n) is 7.65. The van der Waals surface area contributed by atoms with Crippen LogP contribution in [0.1, 0.15) is 25.6 Å². The van der Waals surface area contributed by atoms with Crippen molar-refractivity contribution in [3.8, 4) is 0 Å². The second kappa shape index (κ2) is 6.55. The molecule has 1 aromatic carbocycles. The Labute approximate surface area is 135 Å². The Morgan fingerprint density at radius 1 is 1.29 bits per heavy atom. The van der Waals surface area contributed by atoms with Gasteiger partial charge in [-0.1, -0.05) is 24.6 Å². The number of rotatable bonds is 4. The average Bonchev–Trinajstić information content (AvgIpc) is 2.87. The van der Waals surface area contributed by atoms with Gasteiger partial charge in [0.1, 0.15) is 11.3 Å². The summed E-state index contributed by atoms with van der Waals surface area (Å²) >= 11 is 12.3. The Balaban J connectivity index is 1.85. The van der Waals surface area contributed by atoms with E-state index in [0.717, 1.165) is 29.9 Å². The summed E-state index contributed by atoms with van der Waals surface area (Å²) in [6.45, 7) is 6.78. The summed E-state index contributed by atoms with van der Waals surface area (Å²) in [5.74, 6) is 2.06. The van der Waals surface area contributed by atoms with Crippen LogP contribution in [0.4, 0.5) is 0 Å². The number of halogens is 2. The van der Waals surface area contributed by atoms with E-state index in [-0.39, 0.29) is 0 Å². The van der Waals surface area contributed by atoms with Crippen molar-refractivity contribution >= 4 is 34.2 Å². The largest absolute Gasteiger partial charge is 0.327 e. The zero-order chi connectivity index (χ0) is 14.8. The van der Waals surface area contributed by atoms with Crippen LogP contribution in [0.25, 0.3) is 11.0 Å². The molecule has 0 N–H and O–H groups in total. The van der Waals surface area contributed by atoms with Crippen molar-refractivity contribution in [2.45, 2.75) is 32.2 Å². The van der Waals surface area contributed by atoms with Crippen molar-refractivity contribution in [1.29, 1.82) is 0 Å². The average molecular weight is 326 g/mol. The lowest BCUT2D eigenvalue weighted by molar-refractivity contribution is 0.181. The van der Waals surface area contributed by atoms with Gasteiger partial charge in [0, 0.05) is 6.54 Å². The topological polar surface area (TPSA) is 21.1 Å². The summed E-state index contributed by atoms with van der Waals surface area (Å²) in [7, 11) is 0. The lowest BCUT2D eigenvalue weighted by atomic mass is 9.96. The highest BCUT2D eigenvalue weighted by Crippen LogP contribution is 2.27. The fourth-order valence-corrected chi connectivity index (χ4v) is 3.63. The van der Waals surface area contributed by atoms with E-state index < -0.39 is 0 Å². The number of nitrogens with zero attached hydrogens (tertiary/aromatic N) is 3. The van der Waals surface area contributed by atoms with Gasteiger partial charge < -0.3 is 9.47 Å². The van der Waals surface area contributed by atoms with Crippen molar-refractivity contribution in [2.24, 2.45) is 5.92 Å². The zero-order valence-electron chi connectivity index (χ0n) is 12.4. The maximum absolute atomic E-state index is 6.25. The third kappa shape index (κ3) is 3.05. The molecule has 0 atom stereocenters. The highest BCUT2D eigenvalue weighted by Gasteiger charge is 2.21. The minimum absolute atomic E-state index is 0.429. The quantitative estimate of drug-likeness (QED) is 0.787. The van der Waals surface area contributed by atoms with E-state index in [1.54, 1.807) is 0 Å². The van der Waals surface area contributed by atoms with Crippen LogP contribution in [-0.4, -0.2) is 34.1 Å². The minimum Gasteiger partial charge on any atom is -0.327 e. The number of hydrogen-bond acceptors (Lipinski definition) is 2. The Hall–Kier alpha value is -0.770. The molecule has 0 aliphatic carbocycles. The Morgan fingerprint density at radius 3 is 2.71 bits per heavy atom. The minimum atomic E-state index is 0.429. The standard InChI is InChI=1S/C16H21Cl2N3/c1-2-20-8-6-12(7-9-20)11-21-14-5-3-4-13(18)16(14)19-15(21)10-17/h3-5,12H,2,6-11H2,1H3. The molecule has 1 fully saturated rings. The van der Waals surface area contributed by atoms with Crippen molar-refractivity contribution < 1.29 is 0 Å². The van der Waals surface area contributed by atoms with Gasteiger partial charge in [-0.25, -0.2) is 4.98 Å². The molecule has 0 spiro atoms. The highest BCUT2D eigenvalue weighted by molar-refractivity contribution is 6.35. The third-order valence-corrected chi connectivity index (χ3v) is 5.07. The molecule has 3 nitrogen and oxygen atoms in total. The predicted octanol–water partition coefficient (Wildman–Crippen LogP) is 4.16.